The van der Waals surface area contributed by atoms with Crippen LogP contribution < -0.4 is 5.32 Å². The van der Waals surface area contributed by atoms with Gasteiger partial charge in [0, 0.05) is 12.6 Å². The molecule has 1 rings (SSSR count). The number of nitrogens with zero attached hydrogens (tertiary/aromatic N) is 1. The molecule has 108 valence electrons. The molecule has 0 saturated carbocycles. The van der Waals surface area contributed by atoms with Gasteiger partial charge in [-0.25, -0.2) is 14.6 Å². The van der Waals surface area contributed by atoms with Crippen LogP contribution in [-0.2, 0) is 16.0 Å². The monoisotopic (exact) mass is 280 g/mol. The lowest BCUT2D eigenvalue weighted by atomic mass is 10.2. The number of aliphatic carboxylic acids is 1. The first-order chi connectivity index (χ1) is 9.61. The van der Waals surface area contributed by atoms with Gasteiger partial charge in [0.15, 0.2) is 0 Å². The van der Waals surface area contributed by atoms with Gasteiger partial charge in [-0.15, -0.1) is 0 Å². The number of hydrogen-bond donors (Lipinski definition) is 2. The molecule has 0 bridgehead atoms. The van der Waals surface area contributed by atoms with Crippen molar-refractivity contribution in [2.24, 2.45) is 0 Å². The van der Waals surface area contributed by atoms with Crippen molar-refractivity contribution in [1.29, 1.82) is 0 Å². The van der Waals surface area contributed by atoms with E-state index in [1.807, 2.05) is 0 Å². The fourth-order valence-corrected chi connectivity index (χ4v) is 1.30. The van der Waals surface area contributed by atoms with Gasteiger partial charge in [0.05, 0.1) is 12.8 Å². The Balaban J connectivity index is 2.33. The summed E-state index contributed by atoms with van der Waals surface area (Å²) in [5.74, 6) is -0.541. The number of carbonyl (C=O) groups is 2. The summed E-state index contributed by atoms with van der Waals surface area (Å²) in [7, 11) is 1.29. The zero-order valence-corrected chi connectivity index (χ0v) is 11.0. The number of aryl methyl sites for hydroxylation is 1. The van der Waals surface area contributed by atoms with Gasteiger partial charge in [-0.2, -0.15) is 0 Å². The van der Waals surface area contributed by atoms with Crippen molar-refractivity contribution in [2.75, 3.05) is 13.7 Å². The lowest BCUT2D eigenvalue weighted by Gasteiger charge is -1.97. The van der Waals surface area contributed by atoms with Crippen LogP contribution in [0.4, 0.5) is 4.79 Å². The Hall–Kier alpha value is -2.57. The maximum atomic E-state index is 10.8. The lowest BCUT2D eigenvalue weighted by Crippen LogP contribution is -2.22. The van der Waals surface area contributed by atoms with Crippen LogP contribution in [0, 0.1) is 0 Å². The molecule has 1 aromatic heterocycles. The third-order valence-corrected chi connectivity index (χ3v) is 2.21. The maximum Gasteiger partial charge on any atom is 0.407 e. The Kier molecular flexibility index (Phi) is 6.60. The molecule has 0 saturated heterocycles. The number of methoxy groups -OCH3 is 1. The van der Waals surface area contributed by atoms with Crippen molar-refractivity contribution in [3.05, 3.63) is 36.1 Å². The number of oxazole rings is 1. The number of aromatic nitrogens is 1. The van der Waals surface area contributed by atoms with E-state index in [0.717, 1.165) is 11.8 Å². The molecule has 0 atom stereocenters. The smallest absolute Gasteiger partial charge is 0.407 e. The third-order valence-electron chi connectivity index (χ3n) is 2.21. The van der Waals surface area contributed by atoms with E-state index in [1.54, 1.807) is 18.2 Å². The van der Waals surface area contributed by atoms with Crippen LogP contribution in [0.25, 0.3) is 6.08 Å². The normalized spacial score (nSPS) is 11.1. The van der Waals surface area contributed by atoms with Crippen molar-refractivity contribution < 1.29 is 23.8 Å². The largest absolute Gasteiger partial charge is 0.478 e. The highest BCUT2D eigenvalue weighted by atomic mass is 16.5. The van der Waals surface area contributed by atoms with E-state index in [0.29, 0.717) is 25.3 Å². The van der Waals surface area contributed by atoms with E-state index in [2.05, 4.69) is 15.0 Å². The van der Waals surface area contributed by atoms with Crippen LogP contribution >= 0.6 is 0 Å². The van der Waals surface area contributed by atoms with Crippen LogP contribution in [0.5, 0.6) is 0 Å². The zero-order chi connectivity index (χ0) is 14.8. The minimum Gasteiger partial charge on any atom is -0.478 e. The first-order valence-electron chi connectivity index (χ1n) is 5.94. The minimum absolute atomic E-state index is 0.311. The standard InChI is InChI=1S/C13H16N2O5/c1-19-13(18)14-8-4-6-11-15-10(9-20-11)5-2-3-7-12(16)17/h3-4,6-7,9H,2,5,8H2,1H3,(H,14,18)(H,16,17)/b6-4-,7-3-. The number of hydrogen-bond acceptors (Lipinski definition) is 5. The lowest BCUT2D eigenvalue weighted by molar-refractivity contribution is -0.131. The number of alkyl carbamates (subject to hydrolysis) is 1. The van der Waals surface area contributed by atoms with Gasteiger partial charge in [0.2, 0.25) is 5.89 Å². The van der Waals surface area contributed by atoms with Gasteiger partial charge in [0.1, 0.15) is 6.26 Å². The van der Waals surface area contributed by atoms with E-state index in [4.69, 9.17) is 9.52 Å². The zero-order valence-electron chi connectivity index (χ0n) is 11.0. The van der Waals surface area contributed by atoms with Gasteiger partial charge in [-0.05, 0) is 18.9 Å². The molecule has 0 spiro atoms. The van der Waals surface area contributed by atoms with E-state index in [1.165, 1.54) is 13.4 Å². The number of ether oxygens (including phenoxy) is 1. The summed E-state index contributed by atoms with van der Waals surface area (Å²) >= 11 is 0. The highest BCUT2D eigenvalue weighted by Crippen LogP contribution is 2.06. The summed E-state index contributed by atoms with van der Waals surface area (Å²) in [6, 6.07) is 0. The van der Waals surface area contributed by atoms with E-state index >= 15 is 0 Å². The summed E-state index contributed by atoms with van der Waals surface area (Å²) in [5, 5.41) is 10.9. The van der Waals surface area contributed by atoms with Crippen LogP contribution in [0.2, 0.25) is 0 Å². The first kappa shape index (κ1) is 15.5. The van der Waals surface area contributed by atoms with Crippen molar-refractivity contribution >= 4 is 18.1 Å². The Morgan fingerprint density at radius 1 is 1.50 bits per heavy atom. The fourth-order valence-electron chi connectivity index (χ4n) is 1.30. The first-order valence-corrected chi connectivity index (χ1v) is 5.94. The molecule has 0 radical (unpaired) electrons. The number of carboxylic acids is 1. The number of nitrogens with one attached hydrogen (secondary N) is 1. The molecular formula is C13H16N2O5. The summed E-state index contributed by atoms with van der Waals surface area (Å²) < 4.78 is 9.60. The topological polar surface area (TPSA) is 102 Å². The number of carboxylic acid groups (broad SMARTS) is 1. The second-order valence-electron chi connectivity index (χ2n) is 3.73. The predicted octanol–water partition coefficient (Wildman–Crippen LogP) is 1.62. The maximum absolute atomic E-state index is 10.8. The van der Waals surface area contributed by atoms with E-state index in [-0.39, 0.29) is 0 Å². The van der Waals surface area contributed by atoms with Gasteiger partial charge >= 0.3 is 12.1 Å². The second-order valence-corrected chi connectivity index (χ2v) is 3.73. The molecule has 0 unspecified atom stereocenters. The quantitative estimate of drug-likeness (QED) is 0.736. The average molecular weight is 280 g/mol. The predicted molar refractivity (Wildman–Crippen MR) is 71.0 cm³/mol. The fraction of sp³-hybridized carbons (Fsp3) is 0.308. The van der Waals surface area contributed by atoms with Crippen LogP contribution in [0.15, 0.2) is 28.9 Å². The molecule has 1 heterocycles. The Morgan fingerprint density at radius 2 is 2.30 bits per heavy atom. The third kappa shape index (κ3) is 6.39. The molecule has 0 aliphatic carbocycles. The Labute approximate surface area is 115 Å². The molecule has 0 aliphatic rings. The van der Waals surface area contributed by atoms with Gasteiger partial charge < -0.3 is 19.6 Å². The Morgan fingerprint density at radius 3 is 3.00 bits per heavy atom. The SMILES string of the molecule is COC(=O)NC/C=C\c1nc(CC/C=C\C(=O)O)co1. The molecule has 1 aromatic rings. The highest BCUT2D eigenvalue weighted by Gasteiger charge is 2.00. The van der Waals surface area contributed by atoms with Crippen molar-refractivity contribution in [1.82, 2.24) is 10.3 Å². The van der Waals surface area contributed by atoms with Crippen molar-refractivity contribution in [2.45, 2.75) is 12.8 Å². The summed E-state index contributed by atoms with van der Waals surface area (Å²) in [6.07, 6.45) is 8.15. The molecule has 0 fully saturated rings. The minimum atomic E-state index is -0.966. The average Bonchev–Trinajstić information content (AvgIpc) is 2.87. The molecule has 0 aliphatic heterocycles. The molecule has 20 heavy (non-hydrogen) atoms. The summed E-state index contributed by atoms with van der Waals surface area (Å²) in [6.45, 7) is 0.311. The molecule has 2 N–H and O–H groups in total. The van der Waals surface area contributed by atoms with Crippen LogP contribution in [-0.4, -0.2) is 35.8 Å². The van der Waals surface area contributed by atoms with Gasteiger partial charge in [-0.1, -0.05) is 12.2 Å². The number of allylic oxidation sites excluding steroid dienone is 1. The molecule has 0 aromatic carbocycles. The molecule has 7 heteroatoms. The molecular weight excluding hydrogens is 264 g/mol. The van der Waals surface area contributed by atoms with Crippen LogP contribution in [0.1, 0.15) is 18.0 Å². The number of carbonyl (C=O) groups excluding carboxylic acids is 1. The molecule has 1 amide bonds. The summed E-state index contributed by atoms with van der Waals surface area (Å²) in [5.41, 5.74) is 0.737. The summed E-state index contributed by atoms with van der Waals surface area (Å²) in [4.78, 5) is 25.2. The van der Waals surface area contributed by atoms with Gasteiger partial charge in [0.25, 0.3) is 0 Å². The Bertz CT molecular complexity index is 505. The highest BCUT2D eigenvalue weighted by molar-refractivity contribution is 5.79. The van der Waals surface area contributed by atoms with E-state index < -0.39 is 12.1 Å². The number of rotatable bonds is 7. The molecule has 7 nitrogen and oxygen atoms in total. The van der Waals surface area contributed by atoms with Gasteiger partial charge in [-0.3, -0.25) is 0 Å². The van der Waals surface area contributed by atoms with Crippen molar-refractivity contribution in [3.63, 3.8) is 0 Å². The second kappa shape index (κ2) is 8.52. The number of amides is 1. The van der Waals surface area contributed by atoms with E-state index in [9.17, 15) is 9.59 Å². The van der Waals surface area contributed by atoms with Crippen molar-refractivity contribution in [3.8, 4) is 0 Å². The van der Waals surface area contributed by atoms with Crippen LogP contribution in [0.3, 0.4) is 0 Å².